The number of imidazole rings is 1. The standard InChI is InChI=1S/C13H15F3N5O3P/c14-13(15,16)12(3-4-25(22,23)24)2-1-8(5-12)21-7-20-9-10(17)18-6-19-11(9)21/h3-4,6-8H,1-2,5H2,(H2,17,18,19)(H2,22,23,24)/b4-3+/t8-,12+/m0/s1. The number of nitrogen functional groups attached to an aromatic ring is 1. The third-order valence-electron chi connectivity index (χ3n) is 4.46. The Balaban J connectivity index is 1.98. The molecule has 0 aromatic carbocycles. The summed E-state index contributed by atoms with van der Waals surface area (Å²) >= 11 is 0. The number of aromatic nitrogens is 4. The Kier molecular flexibility index (Phi) is 4.13. The quantitative estimate of drug-likeness (QED) is 0.701. The summed E-state index contributed by atoms with van der Waals surface area (Å²) in [6, 6.07) is -0.581. The Morgan fingerprint density at radius 1 is 1.36 bits per heavy atom. The Labute approximate surface area is 139 Å². The number of rotatable bonds is 3. The van der Waals surface area contributed by atoms with Crippen LogP contribution in [-0.2, 0) is 4.57 Å². The van der Waals surface area contributed by atoms with E-state index in [1.165, 1.54) is 17.2 Å². The van der Waals surface area contributed by atoms with Crippen LogP contribution in [0.2, 0.25) is 0 Å². The molecule has 0 aliphatic heterocycles. The second-order valence-corrected chi connectivity index (χ2v) is 7.51. The van der Waals surface area contributed by atoms with Gasteiger partial charge >= 0.3 is 13.8 Å². The SMILES string of the molecule is Nc1ncnc2c1ncn2[C@H]1CC[C@](/C=C/P(=O)(O)O)(C(F)(F)F)C1. The number of hydrogen-bond donors (Lipinski definition) is 3. The molecule has 12 heteroatoms. The molecule has 1 saturated carbocycles. The molecule has 2 aromatic rings. The normalized spacial score (nSPS) is 25.2. The highest BCUT2D eigenvalue weighted by molar-refractivity contribution is 7.55. The molecule has 3 rings (SSSR count). The minimum Gasteiger partial charge on any atom is -0.382 e. The summed E-state index contributed by atoms with van der Waals surface area (Å²) in [5.74, 6) is 0.458. The van der Waals surface area contributed by atoms with Crippen LogP contribution in [0.1, 0.15) is 25.3 Å². The van der Waals surface area contributed by atoms with Crippen molar-refractivity contribution in [2.45, 2.75) is 31.5 Å². The van der Waals surface area contributed by atoms with Gasteiger partial charge in [0.1, 0.15) is 11.8 Å². The van der Waals surface area contributed by atoms with Gasteiger partial charge < -0.3 is 20.1 Å². The summed E-state index contributed by atoms with van der Waals surface area (Å²) in [5.41, 5.74) is 4.00. The summed E-state index contributed by atoms with van der Waals surface area (Å²) in [6.45, 7) is 0. The minimum absolute atomic E-state index is 0.130. The van der Waals surface area contributed by atoms with Crippen molar-refractivity contribution in [1.82, 2.24) is 19.5 Å². The summed E-state index contributed by atoms with van der Waals surface area (Å²) in [4.78, 5) is 29.6. The number of nitrogens with two attached hydrogens (primary N) is 1. The summed E-state index contributed by atoms with van der Waals surface area (Å²) in [7, 11) is -4.69. The molecule has 2 atom stereocenters. The number of allylic oxidation sites excluding steroid dienone is 1. The van der Waals surface area contributed by atoms with Gasteiger partial charge in [-0.05, 0) is 19.3 Å². The fraction of sp³-hybridized carbons (Fsp3) is 0.462. The number of anilines is 1. The largest absolute Gasteiger partial charge is 0.397 e. The van der Waals surface area contributed by atoms with Crippen LogP contribution in [0.3, 0.4) is 0 Å². The maximum absolute atomic E-state index is 13.6. The van der Waals surface area contributed by atoms with Gasteiger partial charge in [-0.15, -0.1) is 0 Å². The number of fused-ring (bicyclic) bond motifs is 1. The first-order valence-corrected chi connectivity index (χ1v) is 8.96. The van der Waals surface area contributed by atoms with Gasteiger partial charge in [-0.1, -0.05) is 6.08 Å². The topological polar surface area (TPSA) is 127 Å². The van der Waals surface area contributed by atoms with Gasteiger partial charge in [0.05, 0.1) is 11.7 Å². The van der Waals surface area contributed by atoms with Crippen molar-refractivity contribution in [1.29, 1.82) is 0 Å². The zero-order chi connectivity index (χ0) is 18.5. The van der Waals surface area contributed by atoms with Crippen LogP contribution in [0.15, 0.2) is 24.5 Å². The molecule has 0 radical (unpaired) electrons. The molecule has 1 aliphatic rings. The third kappa shape index (κ3) is 3.26. The first kappa shape index (κ1) is 17.8. The van der Waals surface area contributed by atoms with Crippen molar-refractivity contribution >= 4 is 24.6 Å². The highest BCUT2D eigenvalue weighted by Crippen LogP contribution is 2.56. The molecule has 0 bridgehead atoms. The van der Waals surface area contributed by atoms with E-state index in [0.717, 1.165) is 0 Å². The van der Waals surface area contributed by atoms with Gasteiger partial charge in [-0.25, -0.2) is 15.0 Å². The van der Waals surface area contributed by atoms with E-state index in [-0.39, 0.29) is 25.1 Å². The van der Waals surface area contributed by atoms with Gasteiger partial charge in [-0.3, -0.25) is 4.57 Å². The van der Waals surface area contributed by atoms with E-state index in [1.807, 2.05) is 0 Å². The Morgan fingerprint density at radius 2 is 2.08 bits per heavy atom. The maximum atomic E-state index is 13.6. The van der Waals surface area contributed by atoms with Crippen molar-refractivity contribution < 1.29 is 27.5 Å². The highest BCUT2D eigenvalue weighted by atomic mass is 31.2. The Bertz CT molecular complexity index is 877. The van der Waals surface area contributed by atoms with Gasteiger partial charge in [0, 0.05) is 11.9 Å². The lowest BCUT2D eigenvalue weighted by molar-refractivity contribution is -0.204. The summed E-state index contributed by atoms with van der Waals surface area (Å²) in [5, 5.41) is 0. The van der Waals surface area contributed by atoms with Gasteiger partial charge in [0.25, 0.3) is 0 Å². The fourth-order valence-electron chi connectivity index (χ4n) is 3.17. The van der Waals surface area contributed by atoms with Crippen LogP contribution in [0.4, 0.5) is 19.0 Å². The lowest BCUT2D eigenvalue weighted by Crippen LogP contribution is -2.34. The maximum Gasteiger partial charge on any atom is 0.397 e. The molecule has 1 aliphatic carbocycles. The average Bonchev–Trinajstić information content (AvgIpc) is 3.08. The first-order valence-electron chi connectivity index (χ1n) is 7.28. The van der Waals surface area contributed by atoms with Crippen LogP contribution in [0.25, 0.3) is 11.2 Å². The minimum atomic E-state index is -4.69. The lowest BCUT2D eigenvalue weighted by atomic mass is 9.85. The predicted molar refractivity (Wildman–Crippen MR) is 82.3 cm³/mol. The molecular weight excluding hydrogens is 362 g/mol. The molecule has 1 fully saturated rings. The van der Waals surface area contributed by atoms with Crippen molar-refractivity contribution in [3.05, 3.63) is 24.5 Å². The van der Waals surface area contributed by atoms with Gasteiger partial charge in [-0.2, -0.15) is 13.2 Å². The second kappa shape index (κ2) is 5.79. The molecule has 0 saturated heterocycles. The van der Waals surface area contributed by atoms with Crippen LogP contribution in [-0.4, -0.2) is 35.5 Å². The van der Waals surface area contributed by atoms with E-state index in [4.69, 9.17) is 15.5 Å². The van der Waals surface area contributed by atoms with Crippen molar-refractivity contribution in [2.24, 2.45) is 5.41 Å². The van der Waals surface area contributed by atoms with Crippen molar-refractivity contribution in [3.8, 4) is 0 Å². The van der Waals surface area contributed by atoms with E-state index >= 15 is 0 Å². The number of alkyl halides is 3. The molecule has 8 nitrogen and oxygen atoms in total. The fourth-order valence-corrected chi connectivity index (χ4v) is 3.65. The van der Waals surface area contributed by atoms with E-state index < -0.39 is 25.2 Å². The smallest absolute Gasteiger partial charge is 0.382 e. The summed E-state index contributed by atoms with van der Waals surface area (Å²) in [6.07, 6.45) is -2.00. The molecule has 136 valence electrons. The van der Waals surface area contributed by atoms with Crippen LogP contribution in [0, 0.1) is 5.41 Å². The highest BCUT2D eigenvalue weighted by Gasteiger charge is 2.57. The molecule has 4 N–H and O–H groups in total. The average molecular weight is 377 g/mol. The van der Waals surface area contributed by atoms with E-state index in [2.05, 4.69) is 15.0 Å². The van der Waals surface area contributed by atoms with Gasteiger partial charge in [0.15, 0.2) is 11.5 Å². The van der Waals surface area contributed by atoms with Crippen molar-refractivity contribution in [3.63, 3.8) is 0 Å². The molecule has 0 amide bonds. The molecular formula is C13H15F3N5O3P. The third-order valence-corrected chi connectivity index (χ3v) is 4.99. The Hall–Kier alpha value is -1.97. The van der Waals surface area contributed by atoms with E-state index in [0.29, 0.717) is 23.1 Å². The lowest BCUT2D eigenvalue weighted by Gasteiger charge is -2.29. The van der Waals surface area contributed by atoms with Crippen LogP contribution >= 0.6 is 7.60 Å². The molecule has 2 aromatic heterocycles. The Morgan fingerprint density at radius 3 is 2.72 bits per heavy atom. The first-order chi connectivity index (χ1) is 11.5. The van der Waals surface area contributed by atoms with Crippen LogP contribution in [0.5, 0.6) is 0 Å². The second-order valence-electron chi connectivity index (χ2n) is 6.04. The molecule has 0 unspecified atom stereocenters. The summed E-state index contributed by atoms with van der Waals surface area (Å²) < 4.78 is 53.3. The van der Waals surface area contributed by atoms with Crippen molar-refractivity contribution in [2.75, 3.05) is 5.73 Å². The number of nitrogens with zero attached hydrogens (tertiary/aromatic N) is 4. The van der Waals surface area contributed by atoms with E-state index in [9.17, 15) is 17.7 Å². The number of hydrogen-bond acceptors (Lipinski definition) is 5. The predicted octanol–water partition coefficient (Wildman–Crippen LogP) is 2.37. The molecule has 0 spiro atoms. The zero-order valence-corrected chi connectivity index (χ0v) is 13.7. The van der Waals surface area contributed by atoms with Gasteiger partial charge in [0.2, 0.25) is 0 Å². The molecule has 25 heavy (non-hydrogen) atoms. The van der Waals surface area contributed by atoms with E-state index in [1.54, 1.807) is 0 Å². The zero-order valence-electron chi connectivity index (χ0n) is 12.8. The number of halogens is 3. The monoisotopic (exact) mass is 377 g/mol. The molecule has 2 heterocycles. The van der Waals surface area contributed by atoms with Crippen LogP contribution < -0.4 is 5.73 Å².